The monoisotopic (exact) mass is 404 g/mol. The van der Waals surface area contributed by atoms with Gasteiger partial charge in [0.1, 0.15) is 0 Å². The van der Waals surface area contributed by atoms with E-state index in [1.165, 1.54) is 17.4 Å². The fourth-order valence-corrected chi connectivity index (χ4v) is 4.49. The van der Waals surface area contributed by atoms with Gasteiger partial charge >= 0.3 is 0 Å². The number of amides is 1. The van der Waals surface area contributed by atoms with Crippen molar-refractivity contribution in [3.8, 4) is 11.8 Å². The van der Waals surface area contributed by atoms with Gasteiger partial charge < -0.3 is 5.32 Å². The number of carbonyl (C=O) groups is 1. The molecule has 0 radical (unpaired) electrons. The van der Waals surface area contributed by atoms with Crippen molar-refractivity contribution in [1.82, 2.24) is 14.9 Å². The van der Waals surface area contributed by atoms with Gasteiger partial charge in [-0.05, 0) is 56.6 Å². The molecule has 0 unspecified atom stereocenters. The minimum Gasteiger partial charge on any atom is -0.302 e. The third-order valence-electron chi connectivity index (χ3n) is 5.16. The van der Waals surface area contributed by atoms with Crippen LogP contribution in [-0.4, -0.2) is 33.9 Å². The number of thiazole rings is 1. The number of aryl methyl sites for hydroxylation is 1. The molecule has 0 spiro atoms. The lowest BCUT2D eigenvalue weighted by Crippen LogP contribution is -2.32. The number of hydrogen-bond donors (Lipinski definition) is 1. The van der Waals surface area contributed by atoms with Crippen LogP contribution < -0.4 is 5.32 Å². The van der Waals surface area contributed by atoms with Crippen molar-refractivity contribution in [3.63, 3.8) is 0 Å². The van der Waals surface area contributed by atoms with Gasteiger partial charge in [0.2, 0.25) is 5.91 Å². The SMILES string of the molecule is CC(=O)Nc1ncc(CN2CCC(C#Cc3cc4cccnc4cc3C)CC2)s1. The zero-order valence-electron chi connectivity index (χ0n) is 16.7. The highest BCUT2D eigenvalue weighted by molar-refractivity contribution is 7.15. The summed E-state index contributed by atoms with van der Waals surface area (Å²) >= 11 is 1.55. The van der Waals surface area contributed by atoms with Crippen LogP contribution in [0.2, 0.25) is 0 Å². The molecule has 1 aromatic carbocycles. The number of benzene rings is 1. The number of fused-ring (bicyclic) bond motifs is 1. The van der Waals surface area contributed by atoms with Crippen molar-refractivity contribution in [2.75, 3.05) is 18.4 Å². The minimum absolute atomic E-state index is 0.0804. The van der Waals surface area contributed by atoms with E-state index in [1.54, 1.807) is 11.3 Å². The van der Waals surface area contributed by atoms with Crippen molar-refractivity contribution in [3.05, 3.63) is 52.7 Å². The van der Waals surface area contributed by atoms with Crippen molar-refractivity contribution in [2.24, 2.45) is 5.92 Å². The van der Waals surface area contributed by atoms with Gasteiger partial charge in [0.25, 0.3) is 0 Å². The maximum atomic E-state index is 11.1. The average Bonchev–Trinajstić information content (AvgIpc) is 3.13. The molecule has 0 saturated carbocycles. The van der Waals surface area contributed by atoms with E-state index in [-0.39, 0.29) is 5.91 Å². The van der Waals surface area contributed by atoms with Crippen LogP contribution in [0.25, 0.3) is 10.9 Å². The van der Waals surface area contributed by atoms with Gasteiger partial charge in [0.15, 0.2) is 5.13 Å². The number of carbonyl (C=O) groups excluding carboxylic acids is 1. The first-order valence-electron chi connectivity index (χ1n) is 9.88. The molecule has 1 amide bonds. The Bertz CT molecular complexity index is 1090. The number of aromatic nitrogens is 2. The van der Waals surface area contributed by atoms with E-state index in [0.717, 1.165) is 48.9 Å². The fourth-order valence-electron chi connectivity index (χ4n) is 3.58. The molecule has 1 aliphatic heterocycles. The topological polar surface area (TPSA) is 58.1 Å². The number of nitrogens with one attached hydrogen (secondary N) is 1. The molecule has 3 aromatic rings. The van der Waals surface area contributed by atoms with Gasteiger partial charge in [-0.3, -0.25) is 14.7 Å². The highest BCUT2D eigenvalue weighted by atomic mass is 32.1. The number of piperidine rings is 1. The first-order chi connectivity index (χ1) is 14.1. The Kier molecular flexibility index (Phi) is 5.89. The Morgan fingerprint density at radius 2 is 2.14 bits per heavy atom. The van der Waals surface area contributed by atoms with E-state index in [1.807, 2.05) is 18.5 Å². The summed E-state index contributed by atoms with van der Waals surface area (Å²) in [4.78, 5) is 23.4. The van der Waals surface area contributed by atoms with Crippen LogP contribution in [0, 0.1) is 24.7 Å². The van der Waals surface area contributed by atoms with Crippen LogP contribution in [-0.2, 0) is 11.3 Å². The van der Waals surface area contributed by atoms with Gasteiger partial charge in [-0.15, -0.1) is 11.3 Å². The molecule has 1 aliphatic rings. The largest absolute Gasteiger partial charge is 0.302 e. The fraction of sp³-hybridized carbons (Fsp3) is 0.348. The quantitative estimate of drug-likeness (QED) is 0.664. The van der Waals surface area contributed by atoms with Gasteiger partial charge in [-0.1, -0.05) is 17.9 Å². The molecule has 1 fully saturated rings. The number of nitrogens with zero attached hydrogens (tertiary/aromatic N) is 3. The molecule has 0 atom stereocenters. The normalized spacial score (nSPS) is 15.1. The highest BCUT2D eigenvalue weighted by Crippen LogP contribution is 2.23. The summed E-state index contributed by atoms with van der Waals surface area (Å²) in [7, 11) is 0. The maximum Gasteiger partial charge on any atom is 0.223 e. The molecular weight excluding hydrogens is 380 g/mol. The maximum absolute atomic E-state index is 11.1. The van der Waals surface area contributed by atoms with Crippen LogP contribution in [0.3, 0.4) is 0 Å². The minimum atomic E-state index is -0.0804. The molecule has 0 bridgehead atoms. The van der Waals surface area contributed by atoms with E-state index in [9.17, 15) is 4.79 Å². The van der Waals surface area contributed by atoms with Crippen molar-refractivity contribution < 1.29 is 4.79 Å². The molecule has 4 rings (SSSR count). The summed E-state index contributed by atoms with van der Waals surface area (Å²) in [6.45, 7) is 6.56. The Balaban J connectivity index is 1.34. The Labute approximate surface area is 175 Å². The molecule has 6 heteroatoms. The van der Waals surface area contributed by atoms with E-state index >= 15 is 0 Å². The van der Waals surface area contributed by atoms with Gasteiger partial charge in [-0.2, -0.15) is 0 Å². The first kappa shape index (κ1) is 19.6. The lowest BCUT2D eigenvalue weighted by Gasteiger charge is -2.29. The molecule has 1 N–H and O–H groups in total. The third kappa shape index (κ3) is 5.00. The van der Waals surface area contributed by atoms with Crippen LogP contribution in [0.15, 0.2) is 36.7 Å². The van der Waals surface area contributed by atoms with Crippen LogP contribution in [0.5, 0.6) is 0 Å². The van der Waals surface area contributed by atoms with Crippen molar-refractivity contribution >= 4 is 33.3 Å². The number of hydrogen-bond acceptors (Lipinski definition) is 5. The van der Waals surface area contributed by atoms with Crippen LogP contribution in [0.1, 0.15) is 35.8 Å². The molecule has 2 aromatic heterocycles. The standard InChI is InChI=1S/C23H24N4OS/c1-16-12-22-20(4-3-9-24-22)13-19(16)6-5-18-7-10-27(11-8-18)15-21-14-25-23(29-21)26-17(2)28/h3-4,9,12-14,18H,7-8,10-11,15H2,1-2H3,(H,25,26,28). The second-order valence-corrected chi connectivity index (χ2v) is 8.61. The second-order valence-electron chi connectivity index (χ2n) is 7.50. The Morgan fingerprint density at radius 1 is 1.31 bits per heavy atom. The molecule has 0 aliphatic carbocycles. The van der Waals surface area contributed by atoms with Crippen molar-refractivity contribution in [1.29, 1.82) is 0 Å². The zero-order valence-corrected chi connectivity index (χ0v) is 17.6. The number of likely N-dealkylation sites (tertiary alicyclic amines) is 1. The number of pyridine rings is 1. The predicted octanol–water partition coefficient (Wildman–Crippen LogP) is 4.22. The molecule has 29 heavy (non-hydrogen) atoms. The van der Waals surface area contributed by atoms with Gasteiger partial charge in [0.05, 0.1) is 5.52 Å². The highest BCUT2D eigenvalue weighted by Gasteiger charge is 2.18. The van der Waals surface area contributed by atoms with Crippen LogP contribution >= 0.6 is 11.3 Å². The molecule has 5 nitrogen and oxygen atoms in total. The number of rotatable bonds is 3. The summed E-state index contributed by atoms with van der Waals surface area (Å²) in [5, 5.41) is 4.56. The predicted molar refractivity (Wildman–Crippen MR) is 118 cm³/mol. The lowest BCUT2D eigenvalue weighted by molar-refractivity contribution is -0.114. The van der Waals surface area contributed by atoms with Gasteiger partial charge in [-0.25, -0.2) is 4.98 Å². The van der Waals surface area contributed by atoms with E-state index in [4.69, 9.17) is 0 Å². The van der Waals surface area contributed by atoms with Crippen molar-refractivity contribution in [2.45, 2.75) is 33.2 Å². The first-order valence-corrected chi connectivity index (χ1v) is 10.7. The summed E-state index contributed by atoms with van der Waals surface area (Å²) in [5.41, 5.74) is 3.30. The summed E-state index contributed by atoms with van der Waals surface area (Å²) in [6.07, 6.45) is 5.85. The molecule has 3 heterocycles. The third-order valence-corrected chi connectivity index (χ3v) is 6.06. The van der Waals surface area contributed by atoms with Crippen LogP contribution in [0.4, 0.5) is 5.13 Å². The molecular formula is C23H24N4OS. The number of anilines is 1. The van der Waals surface area contributed by atoms with E-state index < -0.39 is 0 Å². The Morgan fingerprint density at radius 3 is 2.93 bits per heavy atom. The molecule has 1 saturated heterocycles. The smallest absolute Gasteiger partial charge is 0.223 e. The lowest BCUT2D eigenvalue weighted by atomic mass is 9.96. The molecule has 148 valence electrons. The summed E-state index contributed by atoms with van der Waals surface area (Å²) in [5.74, 6) is 7.27. The Hall–Kier alpha value is -2.75. The van der Waals surface area contributed by atoms with E-state index in [2.05, 4.69) is 57.1 Å². The van der Waals surface area contributed by atoms with Gasteiger partial charge in [0, 0.05) is 47.6 Å². The zero-order chi connectivity index (χ0) is 20.2. The van der Waals surface area contributed by atoms with E-state index in [0.29, 0.717) is 11.0 Å². The average molecular weight is 405 g/mol. The summed E-state index contributed by atoms with van der Waals surface area (Å²) < 4.78 is 0. The summed E-state index contributed by atoms with van der Waals surface area (Å²) in [6, 6.07) is 8.32. The second kappa shape index (κ2) is 8.73.